The Bertz CT molecular complexity index is 1060. The van der Waals surface area contributed by atoms with Gasteiger partial charge in [0, 0.05) is 57.0 Å². The van der Waals surface area contributed by atoms with Gasteiger partial charge in [0.05, 0.1) is 16.9 Å². The lowest BCUT2D eigenvalue weighted by molar-refractivity contribution is 0.0544. The van der Waals surface area contributed by atoms with E-state index in [0.29, 0.717) is 0 Å². The van der Waals surface area contributed by atoms with Gasteiger partial charge in [-0.1, -0.05) is 6.07 Å². The van der Waals surface area contributed by atoms with Crippen LogP contribution in [0, 0.1) is 23.7 Å². The second kappa shape index (κ2) is 8.56. The van der Waals surface area contributed by atoms with Crippen LogP contribution in [0.3, 0.4) is 0 Å². The third-order valence-electron chi connectivity index (χ3n) is 7.91. The van der Waals surface area contributed by atoms with Gasteiger partial charge >= 0.3 is 0 Å². The highest BCUT2D eigenvalue weighted by Gasteiger charge is 2.41. The van der Waals surface area contributed by atoms with E-state index in [-0.39, 0.29) is 0 Å². The zero-order valence-electron chi connectivity index (χ0n) is 19.0. The van der Waals surface area contributed by atoms with Crippen molar-refractivity contribution in [3.8, 4) is 11.3 Å². The first-order chi connectivity index (χ1) is 15.7. The minimum Gasteiger partial charge on any atom is -0.381 e. The molecular formula is C26H33N5O. The number of nitrogens with zero attached hydrogens (tertiary/aromatic N) is 5. The average Bonchev–Trinajstić information content (AvgIpc) is 3.46. The monoisotopic (exact) mass is 431 g/mol. The predicted molar refractivity (Wildman–Crippen MR) is 125 cm³/mol. The third-order valence-corrected chi connectivity index (χ3v) is 7.91. The molecule has 3 aromatic rings. The van der Waals surface area contributed by atoms with Crippen molar-refractivity contribution in [3.63, 3.8) is 0 Å². The molecule has 4 heterocycles. The highest BCUT2D eigenvalue weighted by atomic mass is 16.5. The molecule has 2 aliphatic heterocycles. The first-order valence-electron chi connectivity index (χ1n) is 12.3. The average molecular weight is 432 g/mol. The van der Waals surface area contributed by atoms with Crippen molar-refractivity contribution in [1.82, 2.24) is 24.9 Å². The summed E-state index contributed by atoms with van der Waals surface area (Å²) in [6.45, 7) is 5.83. The summed E-state index contributed by atoms with van der Waals surface area (Å²) in [6.07, 6.45) is 8.33. The summed E-state index contributed by atoms with van der Waals surface area (Å²) in [4.78, 5) is 2.75. The molecule has 2 saturated heterocycles. The van der Waals surface area contributed by atoms with Crippen molar-refractivity contribution in [2.24, 2.45) is 30.7 Å². The summed E-state index contributed by atoms with van der Waals surface area (Å²) < 4.78 is 7.38. The summed E-state index contributed by atoms with van der Waals surface area (Å²) in [5.74, 6) is 3.39. The number of aryl methyl sites for hydroxylation is 1. The first kappa shape index (κ1) is 20.3. The van der Waals surface area contributed by atoms with Crippen molar-refractivity contribution < 1.29 is 4.74 Å². The van der Waals surface area contributed by atoms with Crippen LogP contribution in [0.15, 0.2) is 36.5 Å². The minimum absolute atomic E-state index is 0.766. The Kier molecular flexibility index (Phi) is 5.43. The Morgan fingerprint density at radius 3 is 2.53 bits per heavy atom. The number of ether oxygens (including phenoxy) is 1. The molecular weight excluding hydrogens is 398 g/mol. The first-order valence-corrected chi connectivity index (χ1v) is 12.3. The van der Waals surface area contributed by atoms with E-state index < -0.39 is 0 Å². The molecule has 6 heteroatoms. The molecule has 168 valence electrons. The van der Waals surface area contributed by atoms with Gasteiger partial charge in [-0.2, -0.15) is 15.3 Å². The fraction of sp³-hybridized carbons (Fsp3) is 0.577. The highest BCUT2D eigenvalue weighted by molar-refractivity contribution is 5.83. The molecule has 1 unspecified atom stereocenters. The van der Waals surface area contributed by atoms with Crippen LogP contribution in [0.5, 0.6) is 0 Å². The van der Waals surface area contributed by atoms with Crippen LogP contribution in [0.1, 0.15) is 31.4 Å². The SMILES string of the molecule is Cn1cc2cc(-c3ccc(CC4C[C@@H]5CN(CC6CCOCC6)C[C@@H]5C4)nn3)ccc2n1. The molecule has 6 nitrogen and oxygen atoms in total. The second-order valence-corrected chi connectivity index (χ2v) is 10.3. The normalized spacial score (nSPS) is 26.7. The van der Waals surface area contributed by atoms with E-state index in [9.17, 15) is 0 Å². The molecule has 0 spiro atoms. The number of aromatic nitrogens is 4. The smallest absolute Gasteiger partial charge is 0.0930 e. The van der Waals surface area contributed by atoms with Crippen molar-refractivity contribution in [3.05, 3.63) is 42.2 Å². The van der Waals surface area contributed by atoms with Gasteiger partial charge in [0.25, 0.3) is 0 Å². The molecule has 3 fully saturated rings. The van der Waals surface area contributed by atoms with Gasteiger partial charge in [0.1, 0.15) is 0 Å². The van der Waals surface area contributed by atoms with Gasteiger partial charge in [-0.05, 0) is 80.0 Å². The van der Waals surface area contributed by atoms with Gasteiger partial charge in [-0.3, -0.25) is 4.68 Å². The van der Waals surface area contributed by atoms with Crippen molar-refractivity contribution >= 4 is 10.9 Å². The molecule has 0 amide bonds. The molecule has 1 aromatic carbocycles. The van der Waals surface area contributed by atoms with Crippen LogP contribution in [-0.4, -0.2) is 57.7 Å². The van der Waals surface area contributed by atoms with Gasteiger partial charge < -0.3 is 9.64 Å². The van der Waals surface area contributed by atoms with Crippen molar-refractivity contribution in [1.29, 1.82) is 0 Å². The zero-order valence-corrected chi connectivity index (χ0v) is 19.0. The standard InChI is InChI=1S/C26H33N5O/c1-30-15-23-13-20(2-4-26(23)29-30)25-5-3-24(27-28-25)12-19-10-21-16-31(17-22(21)11-19)14-18-6-8-32-9-7-18/h2-5,13,15,18-19,21-22H,6-12,14,16-17H2,1H3/t19?,21-,22+. The third kappa shape index (κ3) is 4.18. The van der Waals surface area contributed by atoms with Gasteiger partial charge in [0.15, 0.2) is 0 Å². The van der Waals surface area contributed by atoms with Crippen LogP contribution in [0.25, 0.3) is 22.2 Å². The molecule has 0 N–H and O–H groups in total. The maximum absolute atomic E-state index is 5.53. The van der Waals surface area contributed by atoms with Crippen molar-refractivity contribution in [2.75, 3.05) is 32.8 Å². The Morgan fingerprint density at radius 2 is 1.78 bits per heavy atom. The fourth-order valence-corrected chi connectivity index (χ4v) is 6.36. The predicted octanol–water partition coefficient (Wildman–Crippen LogP) is 3.96. The van der Waals surface area contributed by atoms with Crippen LogP contribution >= 0.6 is 0 Å². The number of benzene rings is 1. The van der Waals surface area contributed by atoms with Crippen LogP contribution in [-0.2, 0) is 18.2 Å². The Morgan fingerprint density at radius 1 is 0.969 bits per heavy atom. The molecule has 3 aliphatic rings. The highest BCUT2D eigenvalue weighted by Crippen LogP contribution is 2.43. The number of rotatable bonds is 5. The topological polar surface area (TPSA) is 56.1 Å². The molecule has 32 heavy (non-hydrogen) atoms. The van der Waals surface area contributed by atoms with Crippen LogP contribution in [0.2, 0.25) is 0 Å². The lowest BCUT2D eigenvalue weighted by Gasteiger charge is -2.27. The molecule has 0 bridgehead atoms. The van der Waals surface area contributed by atoms with Crippen LogP contribution < -0.4 is 0 Å². The van der Waals surface area contributed by atoms with E-state index in [1.165, 1.54) is 45.3 Å². The largest absolute Gasteiger partial charge is 0.381 e. The van der Waals surface area contributed by atoms with Gasteiger partial charge in [0.2, 0.25) is 0 Å². The fourth-order valence-electron chi connectivity index (χ4n) is 6.36. The molecule has 6 rings (SSSR count). The molecule has 1 saturated carbocycles. The Labute approximate surface area is 190 Å². The summed E-state index contributed by atoms with van der Waals surface area (Å²) in [5.41, 5.74) is 4.19. The number of hydrogen-bond acceptors (Lipinski definition) is 5. The quantitative estimate of drug-likeness (QED) is 0.612. The van der Waals surface area contributed by atoms with E-state index in [4.69, 9.17) is 4.74 Å². The zero-order chi connectivity index (χ0) is 21.5. The van der Waals surface area contributed by atoms with E-state index in [1.54, 1.807) is 0 Å². The summed E-state index contributed by atoms with van der Waals surface area (Å²) in [5, 5.41) is 14.7. The summed E-state index contributed by atoms with van der Waals surface area (Å²) in [6, 6.07) is 10.6. The van der Waals surface area contributed by atoms with Crippen molar-refractivity contribution in [2.45, 2.75) is 32.1 Å². The second-order valence-electron chi connectivity index (χ2n) is 10.3. The molecule has 0 radical (unpaired) electrons. The molecule has 1 aliphatic carbocycles. The van der Waals surface area contributed by atoms with Crippen LogP contribution in [0.4, 0.5) is 0 Å². The summed E-state index contributed by atoms with van der Waals surface area (Å²) in [7, 11) is 1.95. The maximum atomic E-state index is 5.53. The number of likely N-dealkylation sites (tertiary alicyclic amines) is 1. The molecule has 3 atom stereocenters. The summed E-state index contributed by atoms with van der Waals surface area (Å²) >= 11 is 0. The van der Waals surface area contributed by atoms with E-state index in [2.05, 4.69) is 50.5 Å². The number of fused-ring (bicyclic) bond motifs is 2. The van der Waals surface area contributed by atoms with E-state index >= 15 is 0 Å². The Balaban J connectivity index is 1.04. The lowest BCUT2D eigenvalue weighted by atomic mass is 9.98. The van der Waals surface area contributed by atoms with E-state index in [0.717, 1.165) is 71.2 Å². The lowest BCUT2D eigenvalue weighted by Crippen LogP contribution is -2.31. The number of hydrogen-bond donors (Lipinski definition) is 0. The molecule has 2 aromatic heterocycles. The minimum atomic E-state index is 0.766. The maximum Gasteiger partial charge on any atom is 0.0930 e. The van der Waals surface area contributed by atoms with Gasteiger partial charge in [-0.15, -0.1) is 0 Å². The van der Waals surface area contributed by atoms with E-state index in [1.807, 2.05) is 17.9 Å². The Hall–Kier alpha value is -2.31. The van der Waals surface area contributed by atoms with Gasteiger partial charge in [-0.25, -0.2) is 0 Å².